The van der Waals surface area contributed by atoms with Crippen molar-refractivity contribution in [3.05, 3.63) is 13.2 Å². The Bertz CT molecular complexity index is 61.8. The first kappa shape index (κ1) is 13.8. The third kappa shape index (κ3) is 12.8. The Labute approximate surface area is 104 Å². The fraction of sp³-hybridized carbons (Fsp3) is 0.750. The van der Waals surface area contributed by atoms with Crippen LogP contribution in [0.15, 0.2) is 0 Å². The van der Waals surface area contributed by atoms with Crippen molar-refractivity contribution in [2.24, 2.45) is 0 Å². The molecule has 0 amide bonds. The van der Waals surface area contributed by atoms with E-state index in [2.05, 4.69) is 16.8 Å². The summed E-state index contributed by atoms with van der Waals surface area (Å²) in [6.07, 6.45) is 4.75. The Hall–Kier alpha value is 0.816. The third-order valence-electron chi connectivity index (χ3n) is 1.40. The van der Waals surface area contributed by atoms with Gasteiger partial charge in [0, 0.05) is 13.2 Å². The van der Waals surface area contributed by atoms with Crippen molar-refractivity contribution in [3.63, 3.8) is 0 Å². The molecule has 0 spiro atoms. The van der Waals surface area contributed by atoms with Crippen LogP contribution in [0.1, 0.15) is 25.7 Å². The minimum absolute atomic E-state index is 0. The fourth-order valence-corrected chi connectivity index (χ4v) is 0.833. The first-order valence-electron chi connectivity index (χ1n) is 5.02. The summed E-state index contributed by atoms with van der Waals surface area (Å²) in [6, 6.07) is 0. The zero-order chi connectivity index (χ0) is 11.1. The van der Waals surface area contributed by atoms with Gasteiger partial charge in [0.15, 0.2) is 0 Å². The summed E-state index contributed by atoms with van der Waals surface area (Å²) in [7, 11) is 7.50. The average molecular weight is 194 g/mol. The summed E-state index contributed by atoms with van der Waals surface area (Å²) in [5.41, 5.74) is 0. The summed E-state index contributed by atoms with van der Waals surface area (Å²) in [4.78, 5) is 0. The minimum atomic E-state index is 0. The van der Waals surface area contributed by atoms with Crippen molar-refractivity contribution >= 4 is 39.8 Å². The van der Waals surface area contributed by atoms with Gasteiger partial charge in [-0.2, -0.15) is 12.8 Å². The molecule has 0 unspecified atom stereocenters. The van der Waals surface area contributed by atoms with Crippen molar-refractivity contribution in [1.82, 2.24) is 0 Å². The van der Waals surface area contributed by atoms with E-state index in [4.69, 9.17) is 12.1 Å². The summed E-state index contributed by atoms with van der Waals surface area (Å²) >= 11 is 0. The van der Waals surface area contributed by atoms with Crippen LogP contribution in [0.4, 0.5) is 0 Å². The van der Waals surface area contributed by atoms with E-state index in [1.54, 1.807) is 0 Å². The molecule has 2 aliphatic rings. The second-order valence-corrected chi connectivity index (χ2v) is 2.36. The van der Waals surface area contributed by atoms with Crippen molar-refractivity contribution in [2.75, 3.05) is 13.2 Å². The Kier molecular flexibility index (Phi) is 16.3. The molecule has 70 valence electrons. The molecule has 13 heavy (non-hydrogen) atoms. The fourth-order valence-electron chi connectivity index (χ4n) is 0.833. The largest absolute Gasteiger partial charge is 2.00 e. The van der Waals surface area contributed by atoms with Gasteiger partial charge in [-0.25, -0.2) is 13.2 Å². The van der Waals surface area contributed by atoms with E-state index >= 15 is 0 Å². The number of rotatable bonds is 0. The number of ether oxygens (including phenoxy) is 2. The van der Waals surface area contributed by atoms with Gasteiger partial charge in [0.2, 0.25) is 0 Å². The number of hydrogen-bond acceptors (Lipinski definition) is 2. The second kappa shape index (κ2) is 15.3. The van der Waals surface area contributed by atoms with Crippen molar-refractivity contribution < 1.29 is 9.47 Å². The summed E-state index contributed by atoms with van der Waals surface area (Å²) in [6.45, 7) is 5.61. The van der Waals surface area contributed by atoms with Crippen LogP contribution in [0.5, 0.6) is 0 Å². The first-order valence-corrected chi connectivity index (χ1v) is 3.87. The third-order valence-corrected chi connectivity index (χ3v) is 1.40. The SMILES string of the molecule is [3H][B-].[3H][B-].[CH-]1CCCO1.[CH-]1CCCO1.[Mg+2]. The molecule has 2 heterocycles. The van der Waals surface area contributed by atoms with Gasteiger partial charge < -0.3 is 28.9 Å². The molecule has 6 radical (unpaired) electrons. The van der Waals surface area contributed by atoms with Crippen molar-refractivity contribution in [2.45, 2.75) is 25.7 Å². The summed E-state index contributed by atoms with van der Waals surface area (Å²) < 4.78 is 20.1. The van der Waals surface area contributed by atoms with E-state index in [0.717, 1.165) is 26.1 Å². The molecule has 0 aromatic rings. The molecule has 0 aliphatic carbocycles. The van der Waals surface area contributed by atoms with Crippen molar-refractivity contribution in [1.29, 1.82) is 2.67 Å². The quantitative estimate of drug-likeness (QED) is 0.406. The van der Waals surface area contributed by atoms with E-state index in [0.29, 0.717) is 0 Å². The molecule has 0 N–H and O–H groups in total. The Morgan fingerprint density at radius 3 is 1.38 bits per heavy atom. The maximum atomic E-state index is 5.25. The molecular formula is C8H16B2MgO2-2. The Morgan fingerprint density at radius 2 is 1.31 bits per heavy atom. The molecular weight excluding hydrogens is 174 g/mol. The van der Waals surface area contributed by atoms with Crippen LogP contribution in [0.25, 0.3) is 0 Å². The van der Waals surface area contributed by atoms with Crippen LogP contribution in [0.3, 0.4) is 0 Å². The van der Waals surface area contributed by atoms with E-state index in [9.17, 15) is 0 Å². The summed E-state index contributed by atoms with van der Waals surface area (Å²) in [5.74, 6) is 0. The second-order valence-electron chi connectivity index (χ2n) is 2.36. The molecule has 2 aliphatic heterocycles. The molecule has 2 saturated heterocycles. The zero-order valence-electron chi connectivity index (χ0n) is 10.1. The molecule has 2 rings (SSSR count). The minimum Gasteiger partial charge on any atom is -0.652 e. The smallest absolute Gasteiger partial charge is 0.652 e. The van der Waals surface area contributed by atoms with Crippen molar-refractivity contribution in [3.8, 4) is 0 Å². The van der Waals surface area contributed by atoms with Gasteiger partial charge in [0.05, 0.1) is 0 Å². The topological polar surface area (TPSA) is 18.5 Å². The Morgan fingerprint density at radius 1 is 0.923 bits per heavy atom. The van der Waals surface area contributed by atoms with Gasteiger partial charge in [-0.1, -0.05) is 12.8 Å². The van der Waals surface area contributed by atoms with Crippen LogP contribution in [0, 0.1) is 13.2 Å². The molecule has 0 aromatic carbocycles. The van der Waals surface area contributed by atoms with E-state index in [1.165, 1.54) is 12.8 Å². The normalized spacial score (nSPS) is 19.5. The number of hydrogen-bond donors (Lipinski definition) is 0. The van der Waals surface area contributed by atoms with Crippen LogP contribution in [-0.2, 0) is 9.47 Å². The van der Waals surface area contributed by atoms with Gasteiger partial charge in [0.25, 0.3) is 0 Å². The maximum absolute atomic E-state index is 5.25. The van der Waals surface area contributed by atoms with Crippen LogP contribution in [-0.4, -0.2) is 55.7 Å². The molecule has 0 saturated carbocycles. The van der Waals surface area contributed by atoms with Gasteiger partial charge in [-0.3, -0.25) is 0 Å². The zero-order valence-corrected chi connectivity index (χ0v) is 9.49. The molecule has 5 heteroatoms. The monoisotopic (exact) mass is 194 g/mol. The standard InChI is InChI=1S/2C4H7O.2BH.Mg/c2*1-2-4-5-3-1;;;/h2*3H,1-2,4H2;2*1H;/q4*-1;+2/i;;2*1T;. The van der Waals surface area contributed by atoms with Gasteiger partial charge in [-0.05, 0) is 0 Å². The van der Waals surface area contributed by atoms with E-state index in [1.807, 2.05) is 13.2 Å². The predicted octanol–water partition coefficient (Wildman–Crippen LogP) is 0.239. The van der Waals surface area contributed by atoms with Crippen LogP contribution < -0.4 is 0 Å². The Balaban J connectivity index is -0.000000138. The molecule has 2 fully saturated rings. The predicted molar refractivity (Wildman–Crippen MR) is 59.0 cm³/mol. The van der Waals surface area contributed by atoms with Crippen LogP contribution >= 0.6 is 0 Å². The maximum Gasteiger partial charge on any atom is 2.00 e. The summed E-state index contributed by atoms with van der Waals surface area (Å²) in [5, 5.41) is 0. The average Bonchev–Trinajstić information content (AvgIpc) is 3.01. The van der Waals surface area contributed by atoms with Gasteiger partial charge in [-0.15, -0.1) is 0 Å². The molecule has 0 bridgehead atoms. The van der Waals surface area contributed by atoms with Gasteiger partial charge >= 0.3 is 23.1 Å². The first-order chi connectivity index (χ1) is 7.00. The van der Waals surface area contributed by atoms with Crippen LogP contribution in [0.2, 0.25) is 0 Å². The molecule has 0 aromatic heterocycles. The van der Waals surface area contributed by atoms with E-state index in [-0.39, 0.29) is 23.1 Å². The molecule has 2 nitrogen and oxygen atoms in total. The van der Waals surface area contributed by atoms with E-state index < -0.39 is 0 Å². The van der Waals surface area contributed by atoms with Gasteiger partial charge in [0.1, 0.15) is 0 Å². The molecule has 0 atom stereocenters.